The van der Waals surface area contributed by atoms with Crippen LogP contribution in [0.5, 0.6) is 11.5 Å². The fourth-order valence-corrected chi connectivity index (χ4v) is 3.84. The van der Waals surface area contributed by atoms with E-state index in [1.807, 2.05) is 30.3 Å². The molecule has 5 heteroatoms. The molecule has 1 aromatic heterocycles. The summed E-state index contributed by atoms with van der Waals surface area (Å²) >= 11 is 0. The monoisotopic (exact) mass is 392 g/mol. The largest absolute Gasteiger partial charge is 0.493 e. The van der Waals surface area contributed by atoms with Gasteiger partial charge in [-0.3, -0.25) is 4.90 Å². The van der Waals surface area contributed by atoms with E-state index in [0.29, 0.717) is 6.61 Å². The number of hydrogen-bond acceptors (Lipinski definition) is 5. The smallest absolute Gasteiger partial charge is 0.161 e. The second-order valence-electron chi connectivity index (χ2n) is 7.24. The van der Waals surface area contributed by atoms with Crippen molar-refractivity contribution in [2.75, 3.05) is 33.3 Å². The molecule has 4 rings (SSSR count). The Morgan fingerprint density at radius 2 is 1.90 bits per heavy atom. The van der Waals surface area contributed by atoms with Gasteiger partial charge in [0.25, 0.3) is 0 Å². The van der Waals surface area contributed by atoms with E-state index in [0.717, 1.165) is 61.0 Å². The van der Waals surface area contributed by atoms with Crippen molar-refractivity contribution in [3.8, 4) is 11.5 Å². The number of nitrogens with zero attached hydrogens (tertiary/aromatic N) is 1. The molecule has 29 heavy (non-hydrogen) atoms. The fourth-order valence-electron chi connectivity index (χ4n) is 3.84. The van der Waals surface area contributed by atoms with Crippen LogP contribution in [0.4, 0.5) is 0 Å². The molecule has 2 aromatic carbocycles. The number of rotatable bonds is 7. The van der Waals surface area contributed by atoms with Crippen molar-refractivity contribution >= 4 is 0 Å². The van der Waals surface area contributed by atoms with Gasteiger partial charge < -0.3 is 19.2 Å². The van der Waals surface area contributed by atoms with Gasteiger partial charge in [-0.15, -0.1) is 0 Å². The fraction of sp³-hybridized carbons (Fsp3) is 0.333. The van der Waals surface area contributed by atoms with E-state index < -0.39 is 0 Å². The van der Waals surface area contributed by atoms with Crippen LogP contribution in [-0.2, 0) is 6.61 Å². The molecule has 1 atom stereocenters. The van der Waals surface area contributed by atoms with Crippen molar-refractivity contribution in [1.82, 2.24) is 10.2 Å². The standard InChI is InChI=1S/C24H28N2O3/c1-27-23-17-20(10-11-21(23)29-18-19-7-3-2-4-8-19)24(22-9-5-16-28-22)26-14-6-12-25-13-15-26/h2-5,7-11,16-17,24-25H,6,12-15,18H2,1H3. The Balaban J connectivity index is 1.59. The van der Waals surface area contributed by atoms with Crippen LogP contribution in [0.1, 0.15) is 29.3 Å². The first-order valence-electron chi connectivity index (χ1n) is 10.2. The van der Waals surface area contributed by atoms with Gasteiger partial charge in [-0.2, -0.15) is 0 Å². The minimum atomic E-state index is 0.0574. The van der Waals surface area contributed by atoms with Crippen molar-refractivity contribution in [2.45, 2.75) is 19.1 Å². The molecule has 2 heterocycles. The highest BCUT2D eigenvalue weighted by Crippen LogP contribution is 2.36. The van der Waals surface area contributed by atoms with Gasteiger partial charge in [0.1, 0.15) is 12.4 Å². The van der Waals surface area contributed by atoms with Crippen LogP contribution in [0.25, 0.3) is 0 Å². The van der Waals surface area contributed by atoms with E-state index in [4.69, 9.17) is 13.9 Å². The maximum atomic E-state index is 6.03. The molecule has 1 saturated heterocycles. The van der Waals surface area contributed by atoms with Crippen molar-refractivity contribution < 1.29 is 13.9 Å². The molecule has 0 spiro atoms. The maximum Gasteiger partial charge on any atom is 0.161 e. The van der Waals surface area contributed by atoms with Gasteiger partial charge >= 0.3 is 0 Å². The molecular weight excluding hydrogens is 364 g/mol. The van der Waals surface area contributed by atoms with E-state index in [-0.39, 0.29) is 6.04 Å². The lowest BCUT2D eigenvalue weighted by Gasteiger charge is -2.29. The topological polar surface area (TPSA) is 46.9 Å². The first kappa shape index (κ1) is 19.6. The zero-order valence-corrected chi connectivity index (χ0v) is 16.8. The molecule has 152 valence electrons. The summed E-state index contributed by atoms with van der Waals surface area (Å²) in [5.74, 6) is 2.44. The predicted octanol–water partition coefficient (Wildman–Crippen LogP) is 4.25. The Bertz CT molecular complexity index is 872. The average Bonchev–Trinajstić information content (AvgIpc) is 3.16. The highest BCUT2D eigenvalue weighted by Gasteiger charge is 2.26. The van der Waals surface area contributed by atoms with Crippen molar-refractivity contribution in [3.63, 3.8) is 0 Å². The molecule has 0 bridgehead atoms. The lowest BCUT2D eigenvalue weighted by Crippen LogP contribution is -2.32. The average molecular weight is 392 g/mol. The molecule has 0 aliphatic carbocycles. The van der Waals surface area contributed by atoms with Gasteiger partial charge in [-0.1, -0.05) is 36.4 Å². The Hall–Kier alpha value is -2.76. The summed E-state index contributed by atoms with van der Waals surface area (Å²) in [5, 5.41) is 3.48. The SMILES string of the molecule is COc1cc(C(c2ccco2)N2CCCNCC2)ccc1OCc1ccccc1. The quantitative estimate of drug-likeness (QED) is 0.651. The zero-order valence-electron chi connectivity index (χ0n) is 16.8. The van der Waals surface area contributed by atoms with Crippen LogP contribution in [0.15, 0.2) is 71.3 Å². The maximum absolute atomic E-state index is 6.03. The summed E-state index contributed by atoms with van der Waals surface area (Å²) in [4.78, 5) is 2.47. The van der Waals surface area contributed by atoms with E-state index in [2.05, 4.69) is 40.5 Å². The van der Waals surface area contributed by atoms with Crippen LogP contribution in [0.3, 0.4) is 0 Å². The molecule has 1 aliphatic heterocycles. The van der Waals surface area contributed by atoms with Crippen LogP contribution in [-0.4, -0.2) is 38.2 Å². The van der Waals surface area contributed by atoms with Gasteiger partial charge in [0, 0.05) is 19.6 Å². The van der Waals surface area contributed by atoms with Crippen molar-refractivity contribution in [2.24, 2.45) is 0 Å². The molecule has 3 aromatic rings. The second-order valence-corrected chi connectivity index (χ2v) is 7.24. The number of methoxy groups -OCH3 is 1. The Kier molecular flexibility index (Phi) is 6.49. The molecule has 1 unspecified atom stereocenters. The minimum Gasteiger partial charge on any atom is -0.493 e. The van der Waals surface area contributed by atoms with Crippen molar-refractivity contribution in [3.05, 3.63) is 83.8 Å². The normalized spacial score (nSPS) is 16.2. The van der Waals surface area contributed by atoms with E-state index in [1.165, 1.54) is 0 Å². The summed E-state index contributed by atoms with van der Waals surface area (Å²) < 4.78 is 17.5. The Morgan fingerprint density at radius 1 is 1.00 bits per heavy atom. The third-order valence-corrected chi connectivity index (χ3v) is 5.29. The number of hydrogen-bond donors (Lipinski definition) is 1. The molecule has 1 N–H and O–H groups in total. The number of furan rings is 1. The third-order valence-electron chi connectivity index (χ3n) is 5.29. The van der Waals surface area contributed by atoms with Crippen LogP contribution >= 0.6 is 0 Å². The van der Waals surface area contributed by atoms with E-state index in [1.54, 1.807) is 13.4 Å². The Morgan fingerprint density at radius 3 is 2.69 bits per heavy atom. The molecule has 1 fully saturated rings. The number of ether oxygens (including phenoxy) is 2. The molecular formula is C24H28N2O3. The van der Waals surface area contributed by atoms with Crippen LogP contribution in [0.2, 0.25) is 0 Å². The van der Waals surface area contributed by atoms with Gasteiger partial charge in [-0.05, 0) is 48.4 Å². The highest BCUT2D eigenvalue weighted by atomic mass is 16.5. The summed E-state index contributed by atoms with van der Waals surface area (Å²) in [7, 11) is 1.69. The lowest BCUT2D eigenvalue weighted by molar-refractivity contribution is 0.215. The summed E-state index contributed by atoms with van der Waals surface area (Å²) in [6, 6.07) is 20.4. The van der Waals surface area contributed by atoms with Gasteiger partial charge in [0.15, 0.2) is 11.5 Å². The Labute approximate surface area is 172 Å². The number of benzene rings is 2. The van der Waals surface area contributed by atoms with Gasteiger partial charge in [0.2, 0.25) is 0 Å². The first-order valence-corrected chi connectivity index (χ1v) is 10.2. The van der Waals surface area contributed by atoms with Crippen molar-refractivity contribution in [1.29, 1.82) is 0 Å². The minimum absolute atomic E-state index is 0.0574. The van der Waals surface area contributed by atoms with Gasteiger partial charge in [0.05, 0.1) is 19.4 Å². The molecule has 0 amide bonds. The molecule has 5 nitrogen and oxygen atoms in total. The first-order chi connectivity index (χ1) is 14.3. The second kappa shape index (κ2) is 9.63. The molecule has 1 aliphatic rings. The number of nitrogens with one attached hydrogen (secondary N) is 1. The summed E-state index contributed by atoms with van der Waals surface area (Å²) in [6.07, 6.45) is 2.86. The summed E-state index contributed by atoms with van der Waals surface area (Å²) in [6.45, 7) is 4.53. The van der Waals surface area contributed by atoms with E-state index in [9.17, 15) is 0 Å². The van der Waals surface area contributed by atoms with Gasteiger partial charge in [-0.25, -0.2) is 0 Å². The van der Waals surface area contributed by atoms with E-state index >= 15 is 0 Å². The third kappa shape index (κ3) is 4.81. The molecule has 0 radical (unpaired) electrons. The predicted molar refractivity (Wildman–Crippen MR) is 113 cm³/mol. The highest BCUT2D eigenvalue weighted by molar-refractivity contribution is 5.45. The molecule has 0 saturated carbocycles. The zero-order chi connectivity index (χ0) is 19.9. The summed E-state index contributed by atoms with van der Waals surface area (Å²) in [5.41, 5.74) is 2.27. The van der Waals surface area contributed by atoms with Crippen LogP contribution in [0, 0.1) is 0 Å². The van der Waals surface area contributed by atoms with Crippen LogP contribution < -0.4 is 14.8 Å². The lowest BCUT2D eigenvalue weighted by atomic mass is 10.0.